The van der Waals surface area contributed by atoms with Gasteiger partial charge in [0.15, 0.2) is 0 Å². The molecule has 0 amide bonds. The Morgan fingerprint density at radius 3 is 1.26 bits per heavy atom. The van der Waals surface area contributed by atoms with Crippen molar-refractivity contribution in [1.82, 2.24) is 0 Å². The van der Waals surface area contributed by atoms with Crippen LogP contribution >= 0.6 is 0 Å². The van der Waals surface area contributed by atoms with Crippen LogP contribution in [-0.2, 0) is 6.18 Å². The third kappa shape index (κ3) is 10.1. The molecule has 0 aliphatic heterocycles. The Bertz CT molecular complexity index is 3980. The minimum Gasteiger partial charge on any atom is -0.372 e. The van der Waals surface area contributed by atoms with Crippen molar-refractivity contribution in [2.75, 3.05) is 22.9 Å². The van der Waals surface area contributed by atoms with Gasteiger partial charge in [-0.1, -0.05) is 158 Å². The summed E-state index contributed by atoms with van der Waals surface area (Å²) in [6.45, 7) is 6.39. The molecule has 358 valence electrons. The van der Waals surface area contributed by atoms with E-state index < -0.39 is 11.7 Å². The number of benzene rings is 11. The Kier molecular flexibility index (Phi) is 13.8. The van der Waals surface area contributed by atoms with Gasteiger partial charge in [-0.3, -0.25) is 0 Å². The van der Waals surface area contributed by atoms with Gasteiger partial charge in [-0.2, -0.15) is 23.7 Å². The smallest absolute Gasteiger partial charge is 0.372 e. The van der Waals surface area contributed by atoms with Crippen LogP contribution in [-0.4, -0.2) is 13.1 Å². The quantitative estimate of drug-likeness (QED) is 0.101. The van der Waals surface area contributed by atoms with Crippen molar-refractivity contribution in [2.24, 2.45) is 0 Å². The molecule has 0 bridgehead atoms. The molecule has 0 N–H and O–H groups in total. The summed E-state index contributed by atoms with van der Waals surface area (Å²) in [7, 11) is 0. The molecule has 0 saturated heterocycles. The van der Waals surface area contributed by atoms with Gasteiger partial charge in [-0.15, -0.1) is 0 Å². The molecule has 0 saturated carbocycles. The maximum Gasteiger partial charge on any atom is 0.416 e. The number of nitrogens with zero attached hydrogens (tertiary/aromatic N) is 4. The van der Waals surface area contributed by atoms with E-state index in [0.717, 1.165) is 113 Å². The topological polar surface area (TPSA) is 54.1 Å². The van der Waals surface area contributed by atoms with Crippen LogP contribution in [0, 0.1) is 22.7 Å². The summed E-state index contributed by atoms with van der Waals surface area (Å²) in [5.41, 5.74) is 8.61. The minimum atomic E-state index is -4.41. The third-order valence-corrected chi connectivity index (χ3v) is 13.6. The molecule has 0 heterocycles. The highest BCUT2D eigenvalue weighted by Gasteiger charge is 2.30. The van der Waals surface area contributed by atoms with Crippen molar-refractivity contribution in [2.45, 2.75) is 20.0 Å². The number of halogens is 3. The summed E-state index contributed by atoms with van der Waals surface area (Å²) in [6, 6.07) is 73.2. The normalized spacial score (nSPS) is 11.6. The van der Waals surface area contributed by atoms with Crippen LogP contribution < -0.4 is 9.80 Å². The minimum absolute atomic E-state index is 0.628. The van der Waals surface area contributed by atoms with Crippen LogP contribution in [0.5, 0.6) is 0 Å². The Morgan fingerprint density at radius 1 is 0.392 bits per heavy atom. The molecule has 74 heavy (non-hydrogen) atoms. The lowest BCUT2D eigenvalue weighted by Gasteiger charge is -2.27. The third-order valence-electron chi connectivity index (χ3n) is 13.6. The van der Waals surface area contributed by atoms with E-state index in [1.165, 1.54) is 23.4 Å². The molecule has 0 radical (unpaired) electrons. The number of nitriles is 2. The molecule has 0 fully saturated rings. The number of rotatable bonds is 10. The molecular formula is C67H49F3N4. The van der Waals surface area contributed by atoms with Crippen molar-refractivity contribution >= 4 is 101 Å². The Morgan fingerprint density at radius 2 is 0.784 bits per heavy atom. The zero-order chi connectivity index (χ0) is 51.2. The average Bonchev–Trinajstić information content (AvgIpc) is 3.43. The van der Waals surface area contributed by atoms with Gasteiger partial charge in [0.2, 0.25) is 0 Å². The van der Waals surface area contributed by atoms with Crippen LogP contribution in [0.2, 0.25) is 0 Å². The molecule has 7 heteroatoms. The van der Waals surface area contributed by atoms with Crippen molar-refractivity contribution in [3.63, 3.8) is 0 Å². The van der Waals surface area contributed by atoms with E-state index in [2.05, 4.69) is 110 Å². The summed E-state index contributed by atoms with van der Waals surface area (Å²) in [5, 5.41) is 29.7. The summed E-state index contributed by atoms with van der Waals surface area (Å²) >= 11 is 0. The van der Waals surface area contributed by atoms with E-state index in [-0.39, 0.29) is 0 Å². The van der Waals surface area contributed by atoms with E-state index in [9.17, 15) is 23.7 Å². The summed E-state index contributed by atoms with van der Waals surface area (Å²) in [6.07, 6.45) is 3.92. The molecule has 11 aromatic rings. The second kappa shape index (κ2) is 21.1. The van der Waals surface area contributed by atoms with E-state index >= 15 is 0 Å². The predicted octanol–water partition coefficient (Wildman–Crippen LogP) is 18.6. The van der Waals surface area contributed by atoms with E-state index in [0.29, 0.717) is 11.3 Å². The number of fused-ring (bicyclic) bond motifs is 5. The van der Waals surface area contributed by atoms with Gasteiger partial charge in [-0.05, 0) is 142 Å². The predicted molar refractivity (Wildman–Crippen MR) is 304 cm³/mol. The lowest BCUT2D eigenvalue weighted by Crippen LogP contribution is -2.21. The molecule has 0 spiro atoms. The molecule has 11 rings (SSSR count). The largest absolute Gasteiger partial charge is 0.416 e. The first-order chi connectivity index (χ1) is 36.1. The molecule has 0 aliphatic carbocycles. The van der Waals surface area contributed by atoms with Crippen molar-refractivity contribution in [3.05, 3.63) is 251 Å². The Hall–Kier alpha value is -9.43. The summed E-state index contributed by atoms with van der Waals surface area (Å²) in [4.78, 5) is 4.32. The number of hydrogen-bond donors (Lipinski definition) is 0. The zero-order valence-corrected chi connectivity index (χ0v) is 40.9. The number of hydrogen-bond acceptors (Lipinski definition) is 4. The van der Waals surface area contributed by atoms with Crippen LogP contribution in [0.25, 0.3) is 78.2 Å². The van der Waals surface area contributed by atoms with E-state index in [4.69, 9.17) is 0 Å². The van der Waals surface area contributed by atoms with Crippen LogP contribution in [0.1, 0.15) is 52.8 Å². The van der Waals surface area contributed by atoms with Gasteiger partial charge in [0.1, 0.15) is 12.1 Å². The van der Waals surface area contributed by atoms with Gasteiger partial charge >= 0.3 is 6.18 Å². The van der Waals surface area contributed by atoms with Crippen molar-refractivity contribution in [3.8, 4) is 12.1 Å². The average molecular weight is 967 g/mol. The fraction of sp³-hybridized carbons (Fsp3) is 0.0746. The highest BCUT2D eigenvalue weighted by Crippen LogP contribution is 2.41. The fourth-order valence-electron chi connectivity index (χ4n) is 9.77. The van der Waals surface area contributed by atoms with Gasteiger partial charge in [0, 0.05) is 57.1 Å². The van der Waals surface area contributed by atoms with Gasteiger partial charge in [0.05, 0.1) is 22.4 Å². The van der Waals surface area contributed by atoms with E-state index in [1.807, 2.05) is 138 Å². The Balaban J connectivity index is 0.000000186. The van der Waals surface area contributed by atoms with Crippen molar-refractivity contribution < 1.29 is 13.2 Å². The summed E-state index contributed by atoms with van der Waals surface area (Å²) in [5.74, 6) is 0. The van der Waals surface area contributed by atoms with Crippen molar-refractivity contribution in [1.29, 1.82) is 10.5 Å². The maximum atomic E-state index is 13.4. The monoisotopic (exact) mass is 966 g/mol. The van der Waals surface area contributed by atoms with Gasteiger partial charge in [-0.25, -0.2) is 0 Å². The molecular weight excluding hydrogens is 918 g/mol. The molecule has 0 atom stereocenters. The van der Waals surface area contributed by atoms with Crippen LogP contribution in [0.15, 0.2) is 212 Å². The SMILES string of the molecule is CCN(CC)c1ccc(C=Cc2ccc3c(C#N)c4ccccc4cc3c2)cc1.N#Cc1c2ccccc2cc2cc(C=Cc3ccc(N(c4ccc(C(F)(F)F)cc4)c4cccc5ccccc45)cc3)ccc12. The second-order valence-corrected chi connectivity index (χ2v) is 18.0. The number of alkyl halides is 3. The molecule has 0 aliphatic rings. The Labute approximate surface area is 429 Å². The lowest BCUT2D eigenvalue weighted by molar-refractivity contribution is -0.137. The first-order valence-electron chi connectivity index (χ1n) is 24.6. The first kappa shape index (κ1) is 48.2. The molecule has 4 nitrogen and oxygen atoms in total. The van der Waals surface area contributed by atoms with E-state index in [1.54, 1.807) is 0 Å². The fourth-order valence-corrected chi connectivity index (χ4v) is 9.77. The molecule has 11 aromatic carbocycles. The molecule has 0 unspecified atom stereocenters. The highest BCUT2D eigenvalue weighted by molar-refractivity contribution is 6.06. The summed E-state index contributed by atoms with van der Waals surface area (Å²) < 4.78 is 40.1. The molecule has 0 aromatic heterocycles. The van der Waals surface area contributed by atoms with Gasteiger partial charge < -0.3 is 9.80 Å². The van der Waals surface area contributed by atoms with Crippen LogP contribution in [0.4, 0.5) is 35.9 Å². The number of anilines is 4. The lowest BCUT2D eigenvalue weighted by atomic mass is 9.96. The van der Waals surface area contributed by atoms with Crippen LogP contribution in [0.3, 0.4) is 0 Å². The van der Waals surface area contributed by atoms with Gasteiger partial charge in [0.25, 0.3) is 0 Å². The second-order valence-electron chi connectivity index (χ2n) is 18.0. The zero-order valence-electron chi connectivity index (χ0n) is 40.9. The standard InChI is InChI=1S/C40H25F3N2.C27H24N2/c41-40(42,43)32-17-21-34(22-18-32)45(39-11-5-8-29-6-1-4-10-37(29)39)33-19-14-27(15-20-33)12-13-28-16-23-36-31(24-28)25-30-7-2-3-9-35(30)38(36)26-44;1-3-29(4-2)24-14-11-20(12-15-24)9-10-21-13-16-26-23(17-21)18-22-7-5-6-8-25(22)27(26)19-28/h1-25H;5-18H,3-4H2,1-2H3. The first-order valence-corrected chi connectivity index (χ1v) is 24.6. The maximum absolute atomic E-state index is 13.4. The highest BCUT2D eigenvalue weighted by atomic mass is 19.4.